The fourth-order valence-corrected chi connectivity index (χ4v) is 4.37. The highest BCUT2D eigenvalue weighted by Crippen LogP contribution is 2.30. The number of nitrogens with zero attached hydrogens (tertiary/aromatic N) is 3. The average molecular weight is 355 g/mol. The Hall–Kier alpha value is -1.95. The number of allylic oxidation sites excluding steroid dienone is 2. The first-order valence-corrected chi connectivity index (χ1v) is 9.97. The van der Waals surface area contributed by atoms with E-state index in [1.54, 1.807) is 0 Å². The average Bonchev–Trinajstić information content (AvgIpc) is 3.20. The van der Waals surface area contributed by atoms with Gasteiger partial charge in [0.2, 0.25) is 5.91 Å². The van der Waals surface area contributed by atoms with Gasteiger partial charge >= 0.3 is 0 Å². The molecule has 0 radical (unpaired) electrons. The number of aromatic nitrogens is 2. The minimum absolute atomic E-state index is 0.312. The molecule has 1 amide bonds. The van der Waals surface area contributed by atoms with E-state index in [1.807, 2.05) is 11.9 Å². The van der Waals surface area contributed by atoms with E-state index in [2.05, 4.69) is 22.8 Å². The van der Waals surface area contributed by atoms with Gasteiger partial charge in [-0.3, -0.25) is 4.79 Å². The third-order valence-electron chi connectivity index (χ3n) is 5.95. The number of rotatable bonds is 4. The SMILES string of the molecule is CNc1nc(C2CCN(C(=O)CC3C=CCC3)CC2)nc2c1CCNC2. The van der Waals surface area contributed by atoms with Crippen LogP contribution in [0.25, 0.3) is 0 Å². The Balaban J connectivity index is 1.40. The van der Waals surface area contributed by atoms with Gasteiger partial charge in [-0.05, 0) is 44.6 Å². The fraction of sp³-hybridized carbons (Fsp3) is 0.650. The molecular weight excluding hydrogens is 326 g/mol. The third kappa shape index (κ3) is 3.61. The van der Waals surface area contributed by atoms with Gasteiger partial charge in [-0.25, -0.2) is 9.97 Å². The number of nitrogens with one attached hydrogen (secondary N) is 2. The molecule has 0 spiro atoms. The van der Waals surface area contributed by atoms with E-state index in [4.69, 9.17) is 9.97 Å². The largest absolute Gasteiger partial charge is 0.373 e. The van der Waals surface area contributed by atoms with E-state index in [1.165, 1.54) is 5.56 Å². The zero-order valence-corrected chi connectivity index (χ0v) is 15.6. The van der Waals surface area contributed by atoms with Crippen molar-refractivity contribution < 1.29 is 4.79 Å². The zero-order valence-electron chi connectivity index (χ0n) is 15.6. The maximum atomic E-state index is 12.5. The Morgan fingerprint density at radius 1 is 1.31 bits per heavy atom. The van der Waals surface area contributed by atoms with Crippen LogP contribution in [0.5, 0.6) is 0 Å². The summed E-state index contributed by atoms with van der Waals surface area (Å²) >= 11 is 0. The van der Waals surface area contributed by atoms with E-state index in [0.29, 0.717) is 24.2 Å². The summed E-state index contributed by atoms with van der Waals surface area (Å²) in [5.74, 6) is 3.05. The van der Waals surface area contributed by atoms with E-state index >= 15 is 0 Å². The molecule has 1 aromatic rings. The number of carbonyl (C=O) groups is 1. The van der Waals surface area contributed by atoms with Gasteiger partial charge in [-0.2, -0.15) is 0 Å². The first-order chi connectivity index (χ1) is 12.7. The molecule has 6 heteroatoms. The summed E-state index contributed by atoms with van der Waals surface area (Å²) in [7, 11) is 1.94. The van der Waals surface area contributed by atoms with Gasteiger partial charge in [-0.15, -0.1) is 0 Å². The Morgan fingerprint density at radius 2 is 2.15 bits per heavy atom. The normalized spacial score (nSPS) is 23.1. The van der Waals surface area contributed by atoms with Crippen LogP contribution in [0.4, 0.5) is 5.82 Å². The first-order valence-electron chi connectivity index (χ1n) is 9.97. The first kappa shape index (κ1) is 17.5. The smallest absolute Gasteiger partial charge is 0.223 e. The predicted octanol–water partition coefficient (Wildman–Crippen LogP) is 2.23. The molecule has 2 N–H and O–H groups in total. The van der Waals surface area contributed by atoms with Crippen molar-refractivity contribution in [2.45, 2.75) is 51.0 Å². The number of amides is 1. The number of hydrogen-bond acceptors (Lipinski definition) is 5. The Kier molecular flexibility index (Phi) is 5.20. The van der Waals surface area contributed by atoms with Gasteiger partial charge in [0, 0.05) is 44.6 Å². The zero-order chi connectivity index (χ0) is 17.9. The number of carbonyl (C=O) groups excluding carboxylic acids is 1. The molecule has 3 heterocycles. The number of anilines is 1. The molecule has 3 aliphatic rings. The Bertz CT molecular complexity index is 676. The van der Waals surface area contributed by atoms with E-state index in [-0.39, 0.29) is 0 Å². The topological polar surface area (TPSA) is 70.2 Å². The Morgan fingerprint density at radius 3 is 2.88 bits per heavy atom. The lowest BCUT2D eigenvalue weighted by molar-refractivity contribution is -0.132. The van der Waals surface area contributed by atoms with Crippen LogP contribution in [0.1, 0.15) is 55.1 Å². The summed E-state index contributed by atoms with van der Waals surface area (Å²) in [6.45, 7) is 3.47. The molecule has 1 unspecified atom stereocenters. The van der Waals surface area contributed by atoms with Gasteiger partial charge in [0.05, 0.1) is 5.69 Å². The minimum atomic E-state index is 0.312. The molecule has 2 aliphatic heterocycles. The van der Waals surface area contributed by atoms with Crippen molar-refractivity contribution in [3.8, 4) is 0 Å². The molecule has 1 fully saturated rings. The highest BCUT2D eigenvalue weighted by atomic mass is 16.2. The fourth-order valence-electron chi connectivity index (χ4n) is 4.37. The highest BCUT2D eigenvalue weighted by molar-refractivity contribution is 5.76. The van der Waals surface area contributed by atoms with Crippen LogP contribution >= 0.6 is 0 Å². The van der Waals surface area contributed by atoms with Gasteiger partial charge in [0.1, 0.15) is 11.6 Å². The van der Waals surface area contributed by atoms with Crippen molar-refractivity contribution in [2.75, 3.05) is 32.0 Å². The minimum Gasteiger partial charge on any atom is -0.373 e. The molecule has 0 saturated carbocycles. The van der Waals surface area contributed by atoms with Crippen molar-refractivity contribution >= 4 is 11.7 Å². The molecule has 0 bridgehead atoms. The quantitative estimate of drug-likeness (QED) is 0.811. The maximum absolute atomic E-state index is 12.5. The lowest BCUT2D eigenvalue weighted by Crippen LogP contribution is -2.39. The molecule has 0 aromatic carbocycles. The van der Waals surface area contributed by atoms with Crippen LogP contribution in [0.15, 0.2) is 12.2 Å². The van der Waals surface area contributed by atoms with Crippen molar-refractivity contribution in [3.63, 3.8) is 0 Å². The highest BCUT2D eigenvalue weighted by Gasteiger charge is 2.28. The summed E-state index contributed by atoms with van der Waals surface area (Å²) in [6.07, 6.45) is 10.2. The van der Waals surface area contributed by atoms with Crippen molar-refractivity contribution in [1.29, 1.82) is 0 Å². The maximum Gasteiger partial charge on any atom is 0.223 e. The second-order valence-electron chi connectivity index (χ2n) is 7.66. The second-order valence-corrected chi connectivity index (χ2v) is 7.66. The van der Waals surface area contributed by atoms with Crippen LogP contribution in [-0.2, 0) is 17.8 Å². The van der Waals surface area contributed by atoms with Crippen LogP contribution in [0.2, 0.25) is 0 Å². The van der Waals surface area contributed by atoms with Crippen LogP contribution in [0, 0.1) is 5.92 Å². The monoisotopic (exact) mass is 355 g/mol. The molecule has 6 nitrogen and oxygen atoms in total. The van der Waals surface area contributed by atoms with Gasteiger partial charge in [0.25, 0.3) is 0 Å². The standard InChI is InChI=1S/C20H29N5O/c1-21-20-16-6-9-22-13-17(16)23-19(24-20)15-7-10-25(11-8-15)18(26)12-14-4-2-3-5-14/h2,4,14-15,22H,3,5-13H2,1H3,(H,21,23,24). The molecular formula is C20H29N5O. The van der Waals surface area contributed by atoms with E-state index in [0.717, 1.165) is 75.6 Å². The molecule has 1 aliphatic carbocycles. The van der Waals surface area contributed by atoms with Crippen molar-refractivity contribution in [2.24, 2.45) is 5.92 Å². The molecule has 1 atom stereocenters. The predicted molar refractivity (Wildman–Crippen MR) is 102 cm³/mol. The molecule has 1 aromatic heterocycles. The van der Waals surface area contributed by atoms with Crippen LogP contribution in [0.3, 0.4) is 0 Å². The number of hydrogen-bond donors (Lipinski definition) is 2. The molecule has 140 valence electrons. The molecule has 1 saturated heterocycles. The summed E-state index contributed by atoms with van der Waals surface area (Å²) < 4.78 is 0. The van der Waals surface area contributed by atoms with E-state index < -0.39 is 0 Å². The van der Waals surface area contributed by atoms with Gasteiger partial charge in [-0.1, -0.05) is 12.2 Å². The summed E-state index contributed by atoms with van der Waals surface area (Å²) in [6, 6.07) is 0. The number of piperidine rings is 1. The summed E-state index contributed by atoms with van der Waals surface area (Å²) in [4.78, 5) is 24.3. The van der Waals surface area contributed by atoms with Crippen molar-refractivity contribution in [1.82, 2.24) is 20.2 Å². The lowest BCUT2D eigenvalue weighted by atomic mass is 9.94. The second kappa shape index (κ2) is 7.74. The molecule has 4 rings (SSSR count). The van der Waals surface area contributed by atoms with Crippen LogP contribution in [-0.4, -0.2) is 47.5 Å². The van der Waals surface area contributed by atoms with Crippen LogP contribution < -0.4 is 10.6 Å². The lowest BCUT2D eigenvalue weighted by Gasteiger charge is -2.32. The Labute approximate surface area is 155 Å². The third-order valence-corrected chi connectivity index (χ3v) is 5.95. The molecule has 26 heavy (non-hydrogen) atoms. The van der Waals surface area contributed by atoms with Gasteiger partial charge < -0.3 is 15.5 Å². The number of fused-ring (bicyclic) bond motifs is 1. The summed E-state index contributed by atoms with van der Waals surface area (Å²) in [5.41, 5.74) is 2.39. The van der Waals surface area contributed by atoms with Gasteiger partial charge in [0.15, 0.2) is 0 Å². The number of likely N-dealkylation sites (tertiary alicyclic amines) is 1. The van der Waals surface area contributed by atoms with Crippen molar-refractivity contribution in [3.05, 3.63) is 29.2 Å². The van der Waals surface area contributed by atoms with E-state index in [9.17, 15) is 4.79 Å². The summed E-state index contributed by atoms with van der Waals surface area (Å²) in [5, 5.41) is 6.65.